The molecule has 0 aliphatic heterocycles. The van der Waals surface area contributed by atoms with Gasteiger partial charge in [0.25, 0.3) is 0 Å². The molecule has 4 heteroatoms. The highest BCUT2D eigenvalue weighted by atomic mass is 35.5. The molecule has 2 rings (SSSR count). The summed E-state index contributed by atoms with van der Waals surface area (Å²) < 4.78 is 11.0. The first-order valence-corrected chi connectivity index (χ1v) is 5.73. The van der Waals surface area contributed by atoms with E-state index in [1.165, 1.54) is 0 Å². The maximum atomic E-state index is 6.02. The van der Waals surface area contributed by atoms with Gasteiger partial charge in [-0.25, -0.2) is 0 Å². The van der Waals surface area contributed by atoms with Crippen molar-refractivity contribution in [1.82, 2.24) is 0 Å². The molecule has 1 aromatic heterocycles. The molecule has 0 unspecified atom stereocenters. The van der Waals surface area contributed by atoms with Gasteiger partial charge in [0.1, 0.15) is 23.9 Å². The number of hydrogen-bond donors (Lipinski definition) is 1. The van der Waals surface area contributed by atoms with Crippen LogP contribution in [0.1, 0.15) is 17.1 Å². The van der Waals surface area contributed by atoms with Crippen LogP contribution in [0, 0.1) is 6.92 Å². The third-order valence-electron chi connectivity index (χ3n) is 2.38. The fraction of sp³-hybridized carbons (Fsp3) is 0.231. The average Bonchev–Trinajstić information content (AvgIpc) is 2.78. The molecule has 90 valence electrons. The predicted octanol–water partition coefficient (Wildman–Crippen LogP) is 3.28. The van der Waals surface area contributed by atoms with E-state index < -0.39 is 0 Å². The first-order valence-electron chi connectivity index (χ1n) is 5.35. The fourth-order valence-electron chi connectivity index (χ4n) is 1.48. The van der Waals surface area contributed by atoms with Crippen molar-refractivity contribution in [3.8, 4) is 5.75 Å². The summed E-state index contributed by atoms with van der Waals surface area (Å²) in [5.41, 5.74) is 6.56. The van der Waals surface area contributed by atoms with Crippen LogP contribution in [-0.2, 0) is 13.2 Å². The van der Waals surface area contributed by atoms with E-state index in [4.69, 9.17) is 26.5 Å². The van der Waals surface area contributed by atoms with Crippen LogP contribution in [0.2, 0.25) is 5.02 Å². The van der Waals surface area contributed by atoms with E-state index in [0.29, 0.717) is 23.9 Å². The Hall–Kier alpha value is -1.45. The molecule has 0 aliphatic carbocycles. The molecular formula is C13H14ClNO2. The highest BCUT2D eigenvalue weighted by Crippen LogP contribution is 2.26. The molecule has 0 saturated heterocycles. The minimum Gasteiger partial charge on any atom is -0.484 e. The van der Waals surface area contributed by atoms with Crippen LogP contribution in [0.5, 0.6) is 5.75 Å². The molecule has 0 radical (unpaired) electrons. The highest BCUT2D eigenvalue weighted by molar-refractivity contribution is 6.32. The fourth-order valence-corrected chi connectivity index (χ4v) is 1.65. The molecule has 0 aliphatic rings. The quantitative estimate of drug-likeness (QED) is 0.907. The summed E-state index contributed by atoms with van der Waals surface area (Å²) >= 11 is 6.02. The van der Waals surface area contributed by atoms with Crippen molar-refractivity contribution in [3.63, 3.8) is 0 Å². The van der Waals surface area contributed by atoms with E-state index in [9.17, 15) is 0 Å². The zero-order valence-electron chi connectivity index (χ0n) is 9.57. The monoisotopic (exact) mass is 251 g/mol. The molecule has 0 fully saturated rings. The number of halogens is 1. The number of benzene rings is 1. The van der Waals surface area contributed by atoms with Gasteiger partial charge in [-0.3, -0.25) is 0 Å². The zero-order valence-corrected chi connectivity index (χ0v) is 10.3. The van der Waals surface area contributed by atoms with E-state index in [0.717, 1.165) is 17.1 Å². The average molecular weight is 252 g/mol. The Labute approximate surface area is 105 Å². The second-order valence-electron chi connectivity index (χ2n) is 3.79. The molecule has 0 spiro atoms. The smallest absolute Gasteiger partial charge is 0.146 e. The number of aryl methyl sites for hydroxylation is 1. The lowest BCUT2D eigenvalue weighted by Crippen LogP contribution is -1.96. The van der Waals surface area contributed by atoms with Crippen molar-refractivity contribution in [2.75, 3.05) is 0 Å². The Morgan fingerprint density at radius 2 is 2.00 bits per heavy atom. The number of furan rings is 1. The van der Waals surface area contributed by atoms with Gasteiger partial charge in [-0.05, 0) is 36.8 Å². The van der Waals surface area contributed by atoms with Crippen LogP contribution in [0.25, 0.3) is 0 Å². The van der Waals surface area contributed by atoms with E-state index in [1.54, 1.807) is 0 Å². The standard InChI is InChI=1S/C13H14ClNO2/c1-9-2-5-12(14)13(6-9)16-8-11-4-3-10(7-15)17-11/h2-6H,7-8,15H2,1H3. The van der Waals surface area contributed by atoms with Gasteiger partial charge in [-0.15, -0.1) is 0 Å². The third-order valence-corrected chi connectivity index (χ3v) is 2.69. The summed E-state index contributed by atoms with van der Waals surface area (Å²) in [5.74, 6) is 2.15. The van der Waals surface area contributed by atoms with Gasteiger partial charge in [0.05, 0.1) is 11.6 Å². The summed E-state index contributed by atoms with van der Waals surface area (Å²) in [5, 5.41) is 0.598. The van der Waals surface area contributed by atoms with Gasteiger partial charge in [0.2, 0.25) is 0 Å². The van der Waals surface area contributed by atoms with Crippen LogP contribution in [-0.4, -0.2) is 0 Å². The predicted molar refractivity (Wildman–Crippen MR) is 67.1 cm³/mol. The first kappa shape index (κ1) is 12.0. The van der Waals surface area contributed by atoms with Crippen molar-refractivity contribution in [1.29, 1.82) is 0 Å². The van der Waals surface area contributed by atoms with E-state index in [-0.39, 0.29) is 0 Å². The third kappa shape index (κ3) is 3.02. The Morgan fingerprint density at radius 3 is 2.71 bits per heavy atom. The van der Waals surface area contributed by atoms with Gasteiger partial charge in [-0.2, -0.15) is 0 Å². The minimum atomic E-state index is 0.350. The van der Waals surface area contributed by atoms with Gasteiger partial charge < -0.3 is 14.9 Å². The van der Waals surface area contributed by atoms with Crippen molar-refractivity contribution in [2.45, 2.75) is 20.1 Å². The molecule has 3 nitrogen and oxygen atoms in total. The van der Waals surface area contributed by atoms with Gasteiger partial charge in [0, 0.05) is 0 Å². The van der Waals surface area contributed by atoms with Gasteiger partial charge in [0.15, 0.2) is 0 Å². The Kier molecular flexibility index (Phi) is 3.71. The first-order chi connectivity index (χ1) is 8.19. The van der Waals surface area contributed by atoms with Crippen molar-refractivity contribution in [3.05, 3.63) is 52.4 Å². The van der Waals surface area contributed by atoms with E-state index >= 15 is 0 Å². The number of nitrogens with two attached hydrogens (primary N) is 1. The normalized spacial score (nSPS) is 10.5. The molecular weight excluding hydrogens is 238 g/mol. The SMILES string of the molecule is Cc1ccc(Cl)c(OCc2ccc(CN)o2)c1. The zero-order chi connectivity index (χ0) is 12.3. The van der Waals surface area contributed by atoms with Crippen molar-refractivity contribution < 1.29 is 9.15 Å². The summed E-state index contributed by atoms with van der Waals surface area (Å²) in [6.45, 7) is 2.73. The second kappa shape index (κ2) is 5.25. The largest absolute Gasteiger partial charge is 0.484 e. The molecule has 0 saturated carbocycles. The summed E-state index contributed by atoms with van der Waals surface area (Å²) in [6, 6.07) is 9.35. The summed E-state index contributed by atoms with van der Waals surface area (Å²) in [6.07, 6.45) is 0. The molecule has 2 aromatic rings. The minimum absolute atomic E-state index is 0.350. The summed E-state index contributed by atoms with van der Waals surface area (Å²) in [7, 11) is 0. The number of rotatable bonds is 4. The molecule has 2 N–H and O–H groups in total. The van der Waals surface area contributed by atoms with Crippen LogP contribution in [0.15, 0.2) is 34.7 Å². The Balaban J connectivity index is 2.04. The number of hydrogen-bond acceptors (Lipinski definition) is 3. The van der Waals surface area contributed by atoms with E-state index in [1.807, 2.05) is 37.3 Å². The molecule has 1 heterocycles. The molecule has 0 atom stereocenters. The lowest BCUT2D eigenvalue weighted by Gasteiger charge is -2.07. The van der Waals surface area contributed by atoms with Crippen molar-refractivity contribution in [2.24, 2.45) is 5.73 Å². The van der Waals surface area contributed by atoms with Crippen LogP contribution in [0.4, 0.5) is 0 Å². The van der Waals surface area contributed by atoms with Crippen LogP contribution < -0.4 is 10.5 Å². The van der Waals surface area contributed by atoms with E-state index in [2.05, 4.69) is 0 Å². The van der Waals surface area contributed by atoms with Gasteiger partial charge in [-0.1, -0.05) is 17.7 Å². The molecule has 1 aromatic carbocycles. The molecule has 0 bridgehead atoms. The molecule has 17 heavy (non-hydrogen) atoms. The van der Waals surface area contributed by atoms with Crippen LogP contribution in [0.3, 0.4) is 0 Å². The second-order valence-corrected chi connectivity index (χ2v) is 4.20. The summed E-state index contributed by atoms with van der Waals surface area (Å²) in [4.78, 5) is 0. The Bertz CT molecular complexity index is 508. The maximum Gasteiger partial charge on any atom is 0.146 e. The van der Waals surface area contributed by atoms with Crippen LogP contribution >= 0.6 is 11.6 Å². The van der Waals surface area contributed by atoms with Crippen molar-refractivity contribution >= 4 is 11.6 Å². The Morgan fingerprint density at radius 1 is 1.24 bits per heavy atom. The lowest BCUT2D eigenvalue weighted by molar-refractivity contribution is 0.266. The molecule has 0 amide bonds. The number of ether oxygens (including phenoxy) is 1. The maximum absolute atomic E-state index is 6.02. The highest BCUT2D eigenvalue weighted by Gasteiger charge is 2.05. The lowest BCUT2D eigenvalue weighted by atomic mass is 10.2. The van der Waals surface area contributed by atoms with Gasteiger partial charge >= 0.3 is 0 Å². The topological polar surface area (TPSA) is 48.4 Å².